The highest BCUT2D eigenvalue weighted by atomic mass is 35.5. The molecule has 0 bridgehead atoms. The number of aliphatic imine (C=N–C) groups is 1. The number of piperazine rings is 1. The summed E-state index contributed by atoms with van der Waals surface area (Å²) in [6.45, 7) is 12.5. The first-order valence-electron chi connectivity index (χ1n) is 14.5. The van der Waals surface area contributed by atoms with Crippen LogP contribution in [0.25, 0.3) is 22.3 Å². The van der Waals surface area contributed by atoms with Crippen LogP contribution in [0.4, 0.5) is 11.4 Å². The molecule has 46 heavy (non-hydrogen) atoms. The molecule has 9 nitrogen and oxygen atoms in total. The number of amides is 1. The van der Waals surface area contributed by atoms with Gasteiger partial charge in [0.15, 0.2) is 0 Å². The summed E-state index contributed by atoms with van der Waals surface area (Å²) in [5, 5.41) is 11.0. The van der Waals surface area contributed by atoms with Crippen molar-refractivity contribution in [2.45, 2.75) is 39.8 Å². The Labute approximate surface area is 291 Å². The fourth-order valence-corrected chi connectivity index (χ4v) is 7.41. The molecule has 2 unspecified atom stereocenters. The Bertz CT molecular complexity index is 1930. The summed E-state index contributed by atoms with van der Waals surface area (Å²) >= 11 is 32.7. The number of rotatable bonds is 5. The molecule has 1 aromatic carbocycles. The minimum absolute atomic E-state index is 0.00724. The molecule has 2 aromatic heterocycles. The second-order valence-electron chi connectivity index (χ2n) is 11.6. The predicted molar refractivity (Wildman–Crippen MR) is 189 cm³/mol. The van der Waals surface area contributed by atoms with Crippen molar-refractivity contribution in [1.82, 2.24) is 14.5 Å². The van der Waals surface area contributed by atoms with E-state index >= 15 is 0 Å². The van der Waals surface area contributed by atoms with Crippen molar-refractivity contribution in [3.05, 3.63) is 72.0 Å². The Morgan fingerprint density at radius 2 is 1.80 bits per heavy atom. The van der Waals surface area contributed by atoms with E-state index in [-0.39, 0.29) is 77.1 Å². The van der Waals surface area contributed by atoms with Gasteiger partial charge in [-0.05, 0) is 25.0 Å². The van der Waals surface area contributed by atoms with Gasteiger partial charge in [-0.1, -0.05) is 91.4 Å². The van der Waals surface area contributed by atoms with Gasteiger partial charge in [0.1, 0.15) is 17.3 Å². The van der Waals surface area contributed by atoms with Gasteiger partial charge < -0.3 is 15.5 Å². The van der Waals surface area contributed by atoms with Crippen LogP contribution in [-0.4, -0.2) is 51.7 Å². The molecule has 3 atom stereocenters. The Hall–Kier alpha value is -3.26. The number of fused-ring (bicyclic) bond motifs is 1. The first-order valence-corrected chi connectivity index (χ1v) is 16.4. The van der Waals surface area contributed by atoms with E-state index in [2.05, 4.69) is 17.6 Å². The third-order valence-corrected chi connectivity index (χ3v) is 10.6. The van der Waals surface area contributed by atoms with E-state index < -0.39 is 11.6 Å². The summed E-state index contributed by atoms with van der Waals surface area (Å²) in [6, 6.07) is 2.98. The molecule has 1 saturated heterocycles. The number of hydrogen-bond donors (Lipinski definition) is 1. The molecule has 0 spiro atoms. The molecule has 4 heterocycles. The molecular weight excluding hydrogens is 692 g/mol. The molecular formula is C32H30Cl5N7O2. The van der Waals surface area contributed by atoms with Gasteiger partial charge in [0.2, 0.25) is 5.91 Å². The van der Waals surface area contributed by atoms with Gasteiger partial charge in [0.25, 0.3) is 5.56 Å². The summed E-state index contributed by atoms with van der Waals surface area (Å²) in [7, 11) is 0. The van der Waals surface area contributed by atoms with E-state index in [1.807, 2.05) is 38.7 Å². The third kappa shape index (κ3) is 5.54. The predicted octanol–water partition coefficient (Wildman–Crippen LogP) is 7.81. The molecule has 240 valence electrons. The lowest BCUT2D eigenvalue weighted by atomic mass is 9.88. The standard InChI is InChI=1S/C32H30Cl5N7O2/c1-6-20(45)43-10-9-42(13-16(43)5)30-17-11-19(33)28(21-22(34)23(35)24(36)25(37)26(21)39)41-31(17)44(32(46)18(30)12-38)29-15(4)7-8-40-27(29)14(2)3/h6-8,11,14-16,29H,1,9-10,13,39H2,2-5H3/t15?,16-,29?/m1/s1. The summed E-state index contributed by atoms with van der Waals surface area (Å²) < 4.78 is 1.51. The van der Waals surface area contributed by atoms with Crippen LogP contribution in [-0.2, 0) is 4.79 Å². The average Bonchev–Trinajstić information content (AvgIpc) is 3.02. The van der Waals surface area contributed by atoms with Crippen molar-refractivity contribution in [2.24, 2.45) is 16.8 Å². The van der Waals surface area contributed by atoms with E-state index in [0.717, 1.165) is 5.71 Å². The van der Waals surface area contributed by atoms with Gasteiger partial charge in [-0.15, -0.1) is 0 Å². The van der Waals surface area contributed by atoms with E-state index in [9.17, 15) is 14.9 Å². The Balaban J connectivity index is 1.89. The summed E-state index contributed by atoms with van der Waals surface area (Å²) in [5.74, 6) is -0.417. The highest BCUT2D eigenvalue weighted by molar-refractivity contribution is 6.54. The zero-order valence-corrected chi connectivity index (χ0v) is 29.2. The largest absolute Gasteiger partial charge is 0.397 e. The first-order chi connectivity index (χ1) is 21.7. The van der Waals surface area contributed by atoms with Gasteiger partial charge >= 0.3 is 0 Å². The van der Waals surface area contributed by atoms with Crippen LogP contribution in [0.5, 0.6) is 0 Å². The normalized spacial score (nSPS) is 19.8. The number of allylic oxidation sites excluding steroid dienone is 1. The number of carbonyl (C=O) groups is 1. The maximum atomic E-state index is 14.6. The lowest BCUT2D eigenvalue weighted by Gasteiger charge is -2.41. The van der Waals surface area contributed by atoms with E-state index in [1.165, 1.54) is 10.6 Å². The van der Waals surface area contributed by atoms with Gasteiger partial charge in [-0.3, -0.25) is 19.1 Å². The topological polar surface area (TPSA) is 121 Å². The molecule has 14 heteroatoms. The number of anilines is 2. The van der Waals surface area contributed by atoms with Crippen LogP contribution < -0.4 is 16.2 Å². The molecule has 2 aliphatic rings. The second kappa shape index (κ2) is 13.1. The summed E-state index contributed by atoms with van der Waals surface area (Å²) in [5.41, 5.74) is 7.40. The number of aromatic nitrogens is 2. The second-order valence-corrected chi connectivity index (χ2v) is 13.5. The van der Waals surface area contributed by atoms with Crippen molar-refractivity contribution in [3.63, 3.8) is 0 Å². The molecule has 0 saturated carbocycles. The number of nitrogens with zero attached hydrogens (tertiary/aromatic N) is 6. The molecule has 2 N–H and O–H groups in total. The fraction of sp³-hybridized carbons (Fsp3) is 0.344. The number of nitrogen functional groups attached to an aromatic ring is 1. The van der Waals surface area contributed by atoms with Crippen molar-refractivity contribution in [3.8, 4) is 17.3 Å². The molecule has 5 rings (SSSR count). The summed E-state index contributed by atoms with van der Waals surface area (Å²) in [4.78, 5) is 40.3. The zero-order valence-electron chi connectivity index (χ0n) is 25.4. The number of hydrogen-bond acceptors (Lipinski definition) is 7. The van der Waals surface area contributed by atoms with Gasteiger partial charge in [0, 0.05) is 54.5 Å². The van der Waals surface area contributed by atoms with Crippen molar-refractivity contribution in [1.29, 1.82) is 5.26 Å². The quantitative estimate of drug-likeness (QED) is 0.124. The van der Waals surface area contributed by atoms with Crippen molar-refractivity contribution >= 4 is 92.0 Å². The zero-order chi connectivity index (χ0) is 33.8. The molecule has 1 fully saturated rings. The number of carbonyl (C=O) groups excluding carboxylic acids is 1. The van der Waals surface area contributed by atoms with Crippen LogP contribution in [0, 0.1) is 23.2 Å². The molecule has 1 amide bonds. The SMILES string of the molecule is C=CC(=O)N1CCN(c2c(C#N)c(=O)n(C3C(C(C)C)=NC=CC3C)c3nc(-c4c(N)c(Cl)c(Cl)c(Cl)c4Cl)c(Cl)cc23)C[C@H]1C. The maximum absolute atomic E-state index is 14.6. The first kappa shape index (κ1) is 34.1. The minimum atomic E-state index is -0.575. The lowest BCUT2D eigenvalue weighted by molar-refractivity contribution is -0.128. The van der Waals surface area contributed by atoms with Crippen LogP contribution in [0.15, 0.2) is 40.8 Å². The molecule has 0 aliphatic carbocycles. The molecule has 0 radical (unpaired) electrons. The van der Waals surface area contributed by atoms with E-state index in [4.69, 9.17) is 68.7 Å². The van der Waals surface area contributed by atoms with Crippen molar-refractivity contribution < 1.29 is 4.79 Å². The Morgan fingerprint density at radius 1 is 1.13 bits per heavy atom. The number of pyridine rings is 2. The molecule has 3 aromatic rings. The minimum Gasteiger partial charge on any atom is -0.397 e. The van der Waals surface area contributed by atoms with Crippen LogP contribution >= 0.6 is 58.0 Å². The van der Waals surface area contributed by atoms with Crippen molar-refractivity contribution in [2.75, 3.05) is 30.3 Å². The van der Waals surface area contributed by atoms with Gasteiger partial charge in [0.05, 0.1) is 48.2 Å². The lowest BCUT2D eigenvalue weighted by Crippen LogP contribution is -2.54. The van der Waals surface area contributed by atoms with Crippen LogP contribution in [0.2, 0.25) is 25.1 Å². The Kier molecular flexibility index (Phi) is 9.70. The number of nitrogens with two attached hydrogens (primary N) is 1. The average molecular weight is 722 g/mol. The number of benzene rings is 1. The number of halogens is 5. The maximum Gasteiger partial charge on any atom is 0.272 e. The number of nitriles is 1. The van der Waals surface area contributed by atoms with E-state index in [0.29, 0.717) is 30.7 Å². The van der Waals surface area contributed by atoms with Gasteiger partial charge in [-0.25, -0.2) is 4.98 Å². The monoisotopic (exact) mass is 719 g/mol. The van der Waals surface area contributed by atoms with Crippen LogP contribution in [0.3, 0.4) is 0 Å². The Morgan fingerprint density at radius 3 is 2.41 bits per heavy atom. The summed E-state index contributed by atoms with van der Waals surface area (Å²) in [6.07, 6.45) is 4.90. The third-order valence-electron chi connectivity index (χ3n) is 8.45. The highest BCUT2D eigenvalue weighted by Crippen LogP contribution is 2.49. The highest BCUT2D eigenvalue weighted by Gasteiger charge is 2.36. The van der Waals surface area contributed by atoms with Gasteiger partial charge in [-0.2, -0.15) is 5.26 Å². The van der Waals surface area contributed by atoms with Crippen LogP contribution in [0.1, 0.15) is 39.3 Å². The molecule has 2 aliphatic heterocycles. The van der Waals surface area contributed by atoms with E-state index in [1.54, 1.807) is 17.2 Å². The smallest absolute Gasteiger partial charge is 0.272 e. The fourth-order valence-electron chi connectivity index (χ4n) is 6.21.